The number of hydrogen-bond acceptors (Lipinski definition) is 3. The first-order valence-corrected chi connectivity index (χ1v) is 10.0. The molecule has 0 saturated heterocycles. The van der Waals surface area contributed by atoms with Gasteiger partial charge >= 0.3 is 0 Å². The molecule has 0 aliphatic heterocycles. The molecule has 1 aromatic rings. The fourth-order valence-corrected chi connectivity index (χ4v) is 4.08. The summed E-state index contributed by atoms with van der Waals surface area (Å²) in [6.07, 6.45) is 4.76. The molecule has 0 aromatic heterocycles. The minimum absolute atomic E-state index is 0.0817. The molecule has 5 heteroatoms. The fraction of sp³-hybridized carbons (Fsp3) is 0.625. The van der Waals surface area contributed by atoms with Crippen LogP contribution in [0.15, 0.2) is 30.3 Å². The lowest BCUT2D eigenvalue weighted by molar-refractivity contribution is 0.0142. The SMILES string of the molecule is CC1CCC(OCC(CS(=O)(=O)Cl)c2ccccc2)CC1. The molecule has 0 N–H and O–H groups in total. The standard InChI is InChI=1S/C16H23ClO3S/c1-13-7-9-16(10-8-13)20-11-15(12-21(17,18)19)14-5-3-2-4-6-14/h2-6,13,15-16H,7-12H2,1H3. The van der Waals surface area contributed by atoms with Gasteiger partial charge in [-0.05, 0) is 37.2 Å². The second-order valence-corrected chi connectivity index (χ2v) is 8.85. The fourth-order valence-electron chi connectivity index (χ4n) is 2.85. The van der Waals surface area contributed by atoms with Gasteiger partial charge in [0.25, 0.3) is 0 Å². The largest absolute Gasteiger partial charge is 0.378 e. The molecule has 1 unspecified atom stereocenters. The van der Waals surface area contributed by atoms with Crippen LogP contribution >= 0.6 is 10.7 Å². The molecule has 1 fully saturated rings. The predicted octanol–water partition coefficient (Wildman–Crippen LogP) is 3.93. The number of hydrogen-bond donors (Lipinski definition) is 0. The first-order chi connectivity index (χ1) is 9.94. The summed E-state index contributed by atoms with van der Waals surface area (Å²) in [4.78, 5) is 0. The van der Waals surface area contributed by atoms with Crippen molar-refractivity contribution in [2.24, 2.45) is 5.92 Å². The van der Waals surface area contributed by atoms with Crippen molar-refractivity contribution in [1.29, 1.82) is 0 Å². The Morgan fingerprint density at radius 2 is 1.81 bits per heavy atom. The van der Waals surface area contributed by atoms with E-state index >= 15 is 0 Å². The molecular weight excluding hydrogens is 308 g/mol. The van der Waals surface area contributed by atoms with E-state index in [2.05, 4.69) is 6.92 Å². The highest BCUT2D eigenvalue weighted by Crippen LogP contribution is 2.27. The number of halogens is 1. The van der Waals surface area contributed by atoms with E-state index in [-0.39, 0.29) is 17.8 Å². The quantitative estimate of drug-likeness (QED) is 0.742. The topological polar surface area (TPSA) is 43.4 Å². The van der Waals surface area contributed by atoms with Crippen molar-refractivity contribution in [3.05, 3.63) is 35.9 Å². The van der Waals surface area contributed by atoms with Crippen molar-refractivity contribution in [1.82, 2.24) is 0 Å². The Morgan fingerprint density at radius 1 is 1.19 bits per heavy atom. The van der Waals surface area contributed by atoms with Gasteiger partial charge in [-0.3, -0.25) is 0 Å². The van der Waals surface area contributed by atoms with Gasteiger partial charge in [-0.1, -0.05) is 37.3 Å². The van der Waals surface area contributed by atoms with Crippen LogP contribution in [0, 0.1) is 5.92 Å². The normalized spacial score (nSPS) is 24.7. The molecule has 1 aliphatic carbocycles. The van der Waals surface area contributed by atoms with Crippen molar-refractivity contribution in [3.8, 4) is 0 Å². The van der Waals surface area contributed by atoms with Crippen molar-refractivity contribution < 1.29 is 13.2 Å². The van der Waals surface area contributed by atoms with Gasteiger partial charge < -0.3 is 4.74 Å². The summed E-state index contributed by atoms with van der Waals surface area (Å²) in [5, 5.41) is 0. The van der Waals surface area contributed by atoms with Crippen LogP contribution in [0.3, 0.4) is 0 Å². The van der Waals surface area contributed by atoms with Crippen LogP contribution in [0.5, 0.6) is 0 Å². The summed E-state index contributed by atoms with van der Waals surface area (Å²) in [6, 6.07) is 9.59. The zero-order chi connectivity index (χ0) is 15.3. The molecule has 1 saturated carbocycles. The average Bonchev–Trinajstić information content (AvgIpc) is 2.45. The lowest BCUT2D eigenvalue weighted by Crippen LogP contribution is -2.24. The van der Waals surface area contributed by atoms with Gasteiger partial charge in [0.1, 0.15) is 0 Å². The van der Waals surface area contributed by atoms with E-state index in [0.29, 0.717) is 6.61 Å². The molecule has 1 aromatic carbocycles. The Morgan fingerprint density at radius 3 is 2.38 bits per heavy atom. The zero-order valence-electron chi connectivity index (χ0n) is 12.4. The summed E-state index contributed by atoms with van der Waals surface area (Å²) in [6.45, 7) is 2.68. The van der Waals surface area contributed by atoms with Crippen LogP contribution in [0.2, 0.25) is 0 Å². The van der Waals surface area contributed by atoms with Crippen LogP contribution in [0.4, 0.5) is 0 Å². The smallest absolute Gasteiger partial charge is 0.233 e. The number of benzene rings is 1. The monoisotopic (exact) mass is 330 g/mol. The molecule has 0 bridgehead atoms. The summed E-state index contributed by atoms with van der Waals surface area (Å²) in [5.41, 5.74) is 0.964. The van der Waals surface area contributed by atoms with Crippen LogP contribution in [-0.2, 0) is 13.8 Å². The van der Waals surface area contributed by atoms with Gasteiger partial charge in [-0.2, -0.15) is 0 Å². The van der Waals surface area contributed by atoms with Gasteiger partial charge in [0.05, 0.1) is 18.5 Å². The van der Waals surface area contributed by atoms with Crippen molar-refractivity contribution in [3.63, 3.8) is 0 Å². The molecule has 0 amide bonds. The second kappa shape index (κ2) is 7.61. The van der Waals surface area contributed by atoms with Gasteiger partial charge in [-0.15, -0.1) is 0 Å². The van der Waals surface area contributed by atoms with Gasteiger partial charge in [0, 0.05) is 16.6 Å². The third-order valence-corrected chi connectivity index (χ3v) is 5.35. The molecule has 1 aliphatic rings. The Balaban J connectivity index is 1.96. The van der Waals surface area contributed by atoms with E-state index in [1.54, 1.807) is 0 Å². The van der Waals surface area contributed by atoms with E-state index in [1.807, 2.05) is 30.3 Å². The van der Waals surface area contributed by atoms with Gasteiger partial charge in [0.2, 0.25) is 9.05 Å². The van der Waals surface area contributed by atoms with Crippen molar-refractivity contribution in [2.45, 2.75) is 44.6 Å². The average molecular weight is 331 g/mol. The summed E-state index contributed by atoms with van der Waals surface area (Å²) in [7, 11) is 1.89. The minimum Gasteiger partial charge on any atom is -0.378 e. The summed E-state index contributed by atoms with van der Waals surface area (Å²) >= 11 is 0. The third kappa shape index (κ3) is 5.97. The van der Waals surface area contributed by atoms with E-state index < -0.39 is 9.05 Å². The van der Waals surface area contributed by atoms with Crippen molar-refractivity contribution in [2.75, 3.05) is 12.4 Å². The minimum atomic E-state index is -3.54. The van der Waals surface area contributed by atoms with Gasteiger partial charge in [0.15, 0.2) is 0 Å². The molecular formula is C16H23ClO3S. The Labute approximate surface area is 132 Å². The molecule has 0 radical (unpaired) electrons. The molecule has 1 atom stereocenters. The molecule has 2 rings (SSSR count). The van der Waals surface area contributed by atoms with E-state index in [4.69, 9.17) is 15.4 Å². The van der Waals surface area contributed by atoms with E-state index in [0.717, 1.165) is 24.3 Å². The summed E-state index contributed by atoms with van der Waals surface area (Å²) < 4.78 is 28.8. The Bertz CT molecular complexity index is 522. The van der Waals surface area contributed by atoms with Crippen molar-refractivity contribution >= 4 is 19.7 Å². The molecule has 0 spiro atoms. The first-order valence-electron chi connectivity index (χ1n) is 7.53. The highest BCUT2D eigenvalue weighted by molar-refractivity contribution is 8.13. The highest BCUT2D eigenvalue weighted by Gasteiger charge is 2.23. The number of rotatable bonds is 6. The summed E-state index contributed by atoms with van der Waals surface area (Å²) in [5.74, 6) is 0.493. The second-order valence-electron chi connectivity index (χ2n) is 6.03. The first kappa shape index (κ1) is 16.8. The predicted molar refractivity (Wildman–Crippen MR) is 86.2 cm³/mol. The van der Waals surface area contributed by atoms with Crippen LogP contribution in [0.25, 0.3) is 0 Å². The van der Waals surface area contributed by atoms with Crippen LogP contribution in [-0.4, -0.2) is 26.9 Å². The molecule has 0 heterocycles. The van der Waals surface area contributed by atoms with Gasteiger partial charge in [-0.25, -0.2) is 8.42 Å². The lowest BCUT2D eigenvalue weighted by Gasteiger charge is -2.28. The molecule has 21 heavy (non-hydrogen) atoms. The maximum atomic E-state index is 11.4. The maximum absolute atomic E-state index is 11.4. The van der Waals surface area contributed by atoms with Crippen LogP contribution in [0.1, 0.15) is 44.1 Å². The maximum Gasteiger partial charge on any atom is 0.233 e. The highest BCUT2D eigenvalue weighted by atomic mass is 35.7. The third-order valence-electron chi connectivity index (χ3n) is 4.17. The molecule has 3 nitrogen and oxygen atoms in total. The number of ether oxygens (including phenoxy) is 1. The Kier molecular flexibility index (Phi) is 6.08. The zero-order valence-corrected chi connectivity index (χ0v) is 13.9. The van der Waals surface area contributed by atoms with E-state index in [1.165, 1.54) is 12.8 Å². The van der Waals surface area contributed by atoms with Crippen LogP contribution < -0.4 is 0 Å². The molecule has 118 valence electrons. The Hall–Kier alpha value is -0.580. The lowest BCUT2D eigenvalue weighted by atomic mass is 9.89. The van der Waals surface area contributed by atoms with E-state index in [9.17, 15) is 8.42 Å².